The van der Waals surface area contributed by atoms with Crippen molar-refractivity contribution in [1.29, 1.82) is 0 Å². The van der Waals surface area contributed by atoms with Crippen LogP contribution in [0.5, 0.6) is 5.75 Å². The fraction of sp³-hybridized carbons (Fsp3) is 0.632. The van der Waals surface area contributed by atoms with E-state index < -0.39 is 5.54 Å². The lowest BCUT2D eigenvalue weighted by Crippen LogP contribution is -2.62. The van der Waals surface area contributed by atoms with Crippen LogP contribution >= 0.6 is 0 Å². The van der Waals surface area contributed by atoms with Crippen molar-refractivity contribution < 1.29 is 24.2 Å². The molecule has 2 aliphatic rings. The van der Waals surface area contributed by atoms with Gasteiger partial charge in [-0.25, -0.2) is 5.01 Å². The zero-order valence-corrected chi connectivity index (χ0v) is 15.9. The minimum absolute atomic E-state index is 0.495. The van der Waals surface area contributed by atoms with Gasteiger partial charge in [-0.15, -0.1) is 5.17 Å². The number of carbonyl (C=O) groups is 1. The molecule has 2 saturated heterocycles. The van der Waals surface area contributed by atoms with Crippen LogP contribution in [0.4, 0.5) is 5.69 Å². The van der Waals surface area contributed by atoms with Crippen LogP contribution in [0, 0.1) is 0 Å². The lowest BCUT2D eigenvalue weighted by Gasteiger charge is -2.46. The van der Waals surface area contributed by atoms with E-state index in [1.54, 1.807) is 7.11 Å². The topological polar surface area (TPSA) is 74.7 Å². The van der Waals surface area contributed by atoms with Crippen molar-refractivity contribution in [3.63, 3.8) is 0 Å². The molecule has 150 valence electrons. The van der Waals surface area contributed by atoms with E-state index >= 15 is 0 Å². The molecule has 0 saturated carbocycles. The van der Waals surface area contributed by atoms with Gasteiger partial charge in [0.1, 0.15) is 24.2 Å². The van der Waals surface area contributed by atoms with Gasteiger partial charge in [0.2, 0.25) is 0 Å². The first-order chi connectivity index (χ1) is 13.2. The fourth-order valence-electron chi connectivity index (χ4n) is 3.51. The molecule has 1 aromatic carbocycles. The first-order valence-corrected chi connectivity index (χ1v) is 9.43. The number of aldehydes is 1. The van der Waals surface area contributed by atoms with E-state index in [1.165, 1.54) is 0 Å². The first kappa shape index (κ1) is 20.0. The summed E-state index contributed by atoms with van der Waals surface area (Å²) in [5.41, 5.74) is 0.260. The van der Waals surface area contributed by atoms with Crippen LogP contribution in [0.25, 0.3) is 0 Å². The van der Waals surface area contributed by atoms with Gasteiger partial charge in [0.15, 0.2) is 0 Å². The monoisotopic (exact) mass is 379 g/mol. The molecule has 27 heavy (non-hydrogen) atoms. The second kappa shape index (κ2) is 9.48. The molecular formula is C19H29N3O5. The lowest BCUT2D eigenvalue weighted by atomic mass is 9.92. The Morgan fingerprint density at radius 2 is 1.81 bits per heavy atom. The normalized spacial score (nSPS) is 20.6. The molecule has 0 aliphatic carbocycles. The van der Waals surface area contributed by atoms with E-state index in [1.807, 2.05) is 29.3 Å². The summed E-state index contributed by atoms with van der Waals surface area (Å²) in [5, 5.41) is 13.7. The molecule has 0 atom stereocenters. The van der Waals surface area contributed by atoms with Crippen molar-refractivity contribution >= 4 is 12.0 Å². The standard InChI is InChI=1S/C19H29N3O5/c1-25-14-15-27-18-4-2-17(3-5-18)20-8-10-21(11-9-20)22(24)19(16-23)6-12-26-13-7-19/h2-5,16,24H,6-15H2,1H3. The van der Waals surface area contributed by atoms with Crippen LogP contribution in [0.3, 0.4) is 0 Å². The third kappa shape index (κ3) is 4.77. The van der Waals surface area contributed by atoms with Gasteiger partial charge in [-0.3, -0.25) is 5.21 Å². The average molecular weight is 379 g/mol. The van der Waals surface area contributed by atoms with E-state index in [0.29, 0.717) is 52.4 Å². The predicted octanol–water partition coefficient (Wildman–Crippen LogP) is 1.19. The molecule has 0 unspecified atom stereocenters. The van der Waals surface area contributed by atoms with E-state index in [4.69, 9.17) is 14.2 Å². The summed E-state index contributed by atoms with van der Waals surface area (Å²) >= 11 is 0. The predicted molar refractivity (Wildman–Crippen MR) is 100 cm³/mol. The van der Waals surface area contributed by atoms with Crippen LogP contribution in [-0.2, 0) is 14.3 Å². The highest BCUT2D eigenvalue weighted by molar-refractivity contribution is 5.64. The number of anilines is 1. The number of hydrogen-bond acceptors (Lipinski definition) is 8. The molecule has 0 spiro atoms. The molecule has 0 amide bonds. The molecule has 2 heterocycles. The highest BCUT2D eigenvalue weighted by Crippen LogP contribution is 2.27. The summed E-state index contributed by atoms with van der Waals surface area (Å²) in [5.74, 6) is 0.823. The van der Waals surface area contributed by atoms with Gasteiger partial charge in [0, 0.05) is 52.2 Å². The van der Waals surface area contributed by atoms with Gasteiger partial charge >= 0.3 is 0 Å². The maximum Gasteiger partial charge on any atom is 0.144 e. The number of rotatable bonds is 8. The summed E-state index contributed by atoms with van der Waals surface area (Å²) in [6.45, 7) is 4.93. The number of methoxy groups -OCH3 is 1. The van der Waals surface area contributed by atoms with Gasteiger partial charge in [-0.1, -0.05) is 0 Å². The maximum absolute atomic E-state index is 11.7. The summed E-state index contributed by atoms with van der Waals surface area (Å²) in [7, 11) is 1.65. The quantitative estimate of drug-likeness (QED) is 0.410. The molecule has 1 N–H and O–H groups in total. The molecule has 0 bridgehead atoms. The highest BCUT2D eigenvalue weighted by Gasteiger charge is 2.42. The number of piperazine rings is 1. The number of carbonyl (C=O) groups excluding carboxylic acids is 1. The van der Waals surface area contributed by atoms with Crippen molar-refractivity contribution in [2.45, 2.75) is 18.4 Å². The number of hydrogen-bond donors (Lipinski definition) is 1. The summed E-state index contributed by atoms with van der Waals surface area (Å²) in [4.78, 5) is 13.9. The van der Waals surface area contributed by atoms with E-state index in [2.05, 4.69) is 4.90 Å². The second-order valence-corrected chi connectivity index (χ2v) is 6.90. The van der Waals surface area contributed by atoms with Crippen LogP contribution in [0.1, 0.15) is 12.8 Å². The van der Waals surface area contributed by atoms with Crippen molar-refractivity contribution in [1.82, 2.24) is 10.2 Å². The molecular weight excluding hydrogens is 350 g/mol. The fourth-order valence-corrected chi connectivity index (χ4v) is 3.51. The number of benzene rings is 1. The number of nitrogens with zero attached hydrogens (tertiary/aromatic N) is 3. The third-order valence-corrected chi connectivity index (χ3v) is 5.26. The van der Waals surface area contributed by atoms with Gasteiger partial charge in [-0.05, 0) is 37.1 Å². The Kier molecular flexibility index (Phi) is 7.03. The van der Waals surface area contributed by atoms with E-state index in [0.717, 1.165) is 36.0 Å². The summed E-state index contributed by atoms with van der Waals surface area (Å²) < 4.78 is 15.9. The van der Waals surface area contributed by atoms with E-state index in [9.17, 15) is 10.0 Å². The molecule has 1 aromatic rings. The third-order valence-electron chi connectivity index (χ3n) is 5.26. The minimum atomic E-state index is -0.860. The largest absolute Gasteiger partial charge is 0.491 e. The van der Waals surface area contributed by atoms with Crippen LogP contribution < -0.4 is 9.64 Å². The maximum atomic E-state index is 11.7. The Morgan fingerprint density at radius 1 is 1.15 bits per heavy atom. The Morgan fingerprint density at radius 3 is 2.41 bits per heavy atom. The average Bonchev–Trinajstić information content (AvgIpc) is 2.74. The number of ether oxygens (including phenoxy) is 3. The van der Waals surface area contributed by atoms with Crippen LogP contribution in [0.2, 0.25) is 0 Å². The van der Waals surface area contributed by atoms with Crippen molar-refractivity contribution in [3.8, 4) is 5.75 Å². The number of hydrazine groups is 1. The summed E-state index contributed by atoms with van der Waals surface area (Å²) in [6, 6.07) is 8.00. The molecule has 2 fully saturated rings. The van der Waals surface area contributed by atoms with Gasteiger partial charge < -0.3 is 23.9 Å². The highest BCUT2D eigenvalue weighted by atomic mass is 16.6. The summed E-state index contributed by atoms with van der Waals surface area (Å²) in [6.07, 6.45) is 1.89. The van der Waals surface area contributed by atoms with Crippen molar-refractivity contribution in [3.05, 3.63) is 24.3 Å². The zero-order valence-electron chi connectivity index (χ0n) is 15.9. The van der Waals surface area contributed by atoms with Crippen molar-refractivity contribution in [2.75, 3.05) is 64.6 Å². The molecule has 0 radical (unpaired) electrons. The zero-order chi connectivity index (χ0) is 19.1. The molecule has 8 heteroatoms. The Labute approximate surface area is 160 Å². The van der Waals surface area contributed by atoms with Crippen LogP contribution in [0.15, 0.2) is 24.3 Å². The minimum Gasteiger partial charge on any atom is -0.491 e. The molecule has 2 aliphatic heterocycles. The molecule has 3 rings (SSSR count). The molecule has 0 aromatic heterocycles. The Balaban J connectivity index is 1.53. The van der Waals surface area contributed by atoms with Crippen LogP contribution in [-0.4, -0.2) is 86.9 Å². The van der Waals surface area contributed by atoms with E-state index in [-0.39, 0.29) is 0 Å². The first-order valence-electron chi connectivity index (χ1n) is 9.43. The SMILES string of the molecule is COCCOc1ccc(N2CCN(N(O)C3(C=O)CCOCC3)CC2)cc1. The van der Waals surface area contributed by atoms with Gasteiger partial charge in [0.05, 0.1) is 6.61 Å². The Bertz CT molecular complexity index is 584. The smallest absolute Gasteiger partial charge is 0.144 e. The van der Waals surface area contributed by atoms with Gasteiger partial charge in [-0.2, -0.15) is 0 Å². The Hall–Kier alpha value is -1.71. The second-order valence-electron chi connectivity index (χ2n) is 6.90. The number of hydroxylamine groups is 1. The van der Waals surface area contributed by atoms with Gasteiger partial charge in [0.25, 0.3) is 0 Å². The van der Waals surface area contributed by atoms with Crippen molar-refractivity contribution in [2.24, 2.45) is 0 Å². The lowest BCUT2D eigenvalue weighted by molar-refractivity contribution is -0.305. The molecule has 8 nitrogen and oxygen atoms in total.